The normalized spacial score (nSPS) is 11.7. The molecule has 0 fully saturated rings. The van der Waals surface area contributed by atoms with Gasteiger partial charge in [0.1, 0.15) is 11.2 Å². The molecule has 0 radical (unpaired) electrons. The summed E-state index contributed by atoms with van der Waals surface area (Å²) in [6.45, 7) is 5.85. The number of rotatable bonds is 4. The molecule has 34 heavy (non-hydrogen) atoms. The smallest absolute Gasteiger partial charge is 0.165 e. The molecule has 5 heteroatoms. The van der Waals surface area contributed by atoms with E-state index >= 15 is 0 Å². The lowest BCUT2D eigenvalue weighted by Crippen LogP contribution is -2.13. The van der Waals surface area contributed by atoms with Gasteiger partial charge in [0.15, 0.2) is 11.5 Å². The summed E-state index contributed by atoms with van der Waals surface area (Å²) in [6, 6.07) is 27.2. The SMILES string of the molecule is C=Nc1c(/N=C\C)c(=C(c2ccccc2)c2ccccc2)c2cccc3c4nccnc4n1c23. The molecule has 0 aliphatic carbocycles. The third kappa shape index (κ3) is 2.87. The zero-order valence-corrected chi connectivity index (χ0v) is 18.7. The van der Waals surface area contributed by atoms with Crippen molar-refractivity contribution in [3.8, 4) is 0 Å². The Hall–Kier alpha value is -4.64. The molecule has 0 N–H and O–H groups in total. The van der Waals surface area contributed by atoms with Gasteiger partial charge in [-0.25, -0.2) is 9.98 Å². The summed E-state index contributed by atoms with van der Waals surface area (Å²) in [4.78, 5) is 18.7. The molecular weight excluding hydrogens is 418 g/mol. The Bertz CT molecular complexity index is 1720. The highest BCUT2D eigenvalue weighted by Gasteiger charge is 2.22. The van der Waals surface area contributed by atoms with Gasteiger partial charge in [0.05, 0.1) is 5.52 Å². The Balaban J connectivity index is 2.00. The van der Waals surface area contributed by atoms with E-state index in [0.717, 1.165) is 55.1 Å². The first-order valence-electron chi connectivity index (χ1n) is 11.1. The van der Waals surface area contributed by atoms with E-state index in [9.17, 15) is 0 Å². The van der Waals surface area contributed by atoms with Crippen LogP contribution in [0.1, 0.15) is 18.1 Å². The van der Waals surface area contributed by atoms with Crippen molar-refractivity contribution in [1.82, 2.24) is 14.4 Å². The lowest BCUT2D eigenvalue weighted by Gasteiger charge is -2.15. The van der Waals surface area contributed by atoms with Gasteiger partial charge in [-0.15, -0.1) is 0 Å². The number of hydrogen-bond donors (Lipinski definition) is 0. The Morgan fingerprint density at radius 2 is 1.47 bits per heavy atom. The Kier molecular flexibility index (Phi) is 4.73. The Morgan fingerprint density at radius 1 is 0.824 bits per heavy atom. The van der Waals surface area contributed by atoms with E-state index in [4.69, 9.17) is 4.99 Å². The average Bonchev–Trinajstić information content (AvgIpc) is 3.23. The fourth-order valence-electron chi connectivity index (χ4n) is 4.83. The van der Waals surface area contributed by atoms with Crippen molar-refractivity contribution in [2.75, 3.05) is 0 Å². The van der Waals surface area contributed by atoms with Gasteiger partial charge in [-0.05, 0) is 30.3 Å². The second kappa shape index (κ2) is 8.05. The monoisotopic (exact) mass is 439 g/mol. The van der Waals surface area contributed by atoms with E-state index in [-0.39, 0.29) is 0 Å². The number of aliphatic imine (C=N–C) groups is 2. The number of pyridine rings is 1. The van der Waals surface area contributed by atoms with Gasteiger partial charge in [0, 0.05) is 34.6 Å². The summed E-state index contributed by atoms with van der Waals surface area (Å²) >= 11 is 0. The van der Waals surface area contributed by atoms with Crippen molar-refractivity contribution in [2.45, 2.75) is 6.92 Å². The summed E-state index contributed by atoms with van der Waals surface area (Å²) in [6.07, 6.45) is 5.23. The van der Waals surface area contributed by atoms with Crippen molar-refractivity contribution in [1.29, 1.82) is 0 Å². The quantitative estimate of drug-likeness (QED) is 0.314. The van der Waals surface area contributed by atoms with Gasteiger partial charge in [0.25, 0.3) is 0 Å². The number of fused-ring (bicyclic) bond motifs is 3. The van der Waals surface area contributed by atoms with E-state index in [0.29, 0.717) is 5.82 Å². The van der Waals surface area contributed by atoms with Crippen LogP contribution in [0.25, 0.3) is 33.0 Å². The van der Waals surface area contributed by atoms with E-state index in [2.05, 4.69) is 88.4 Å². The number of nitrogens with zero attached hydrogens (tertiary/aromatic N) is 5. The van der Waals surface area contributed by atoms with Crippen molar-refractivity contribution in [3.05, 3.63) is 108 Å². The van der Waals surface area contributed by atoms with Gasteiger partial charge >= 0.3 is 0 Å². The second-order valence-corrected chi connectivity index (χ2v) is 7.97. The van der Waals surface area contributed by atoms with E-state index < -0.39 is 0 Å². The highest BCUT2D eigenvalue weighted by molar-refractivity contribution is 6.14. The van der Waals surface area contributed by atoms with Crippen LogP contribution < -0.4 is 5.22 Å². The van der Waals surface area contributed by atoms with Crippen molar-refractivity contribution >= 4 is 57.5 Å². The predicted molar refractivity (Wildman–Crippen MR) is 141 cm³/mol. The van der Waals surface area contributed by atoms with Crippen LogP contribution in [0, 0.1) is 0 Å². The number of para-hydroxylation sites is 1. The summed E-state index contributed by atoms with van der Waals surface area (Å²) in [5.41, 5.74) is 6.65. The second-order valence-electron chi connectivity index (χ2n) is 7.97. The molecule has 0 amide bonds. The molecule has 162 valence electrons. The van der Waals surface area contributed by atoms with Crippen molar-refractivity contribution in [3.63, 3.8) is 0 Å². The topological polar surface area (TPSA) is 54.9 Å². The van der Waals surface area contributed by atoms with Crippen LogP contribution in [0.5, 0.6) is 0 Å². The van der Waals surface area contributed by atoms with Crippen LogP contribution in [0.4, 0.5) is 11.5 Å². The lowest BCUT2D eigenvalue weighted by atomic mass is 9.93. The number of hydrogen-bond acceptors (Lipinski definition) is 4. The maximum Gasteiger partial charge on any atom is 0.165 e. The van der Waals surface area contributed by atoms with Crippen molar-refractivity contribution < 1.29 is 0 Å². The molecule has 0 aliphatic heterocycles. The zero-order chi connectivity index (χ0) is 23.1. The van der Waals surface area contributed by atoms with Crippen molar-refractivity contribution in [2.24, 2.45) is 9.98 Å². The molecule has 5 nitrogen and oxygen atoms in total. The Morgan fingerprint density at radius 3 is 2.12 bits per heavy atom. The zero-order valence-electron chi connectivity index (χ0n) is 18.7. The third-order valence-electron chi connectivity index (χ3n) is 6.12. The standard InChI is InChI=1S/C29H21N5/c1-3-31-26-24(23(19-11-6-4-7-12-19)20-13-8-5-9-14-20)21-15-10-16-22-25-29(33-18-17-32-25)34(27(21)22)28(26)30-2/h3-18H,2H2,1H3/b31-3-. The number of benzene rings is 3. The predicted octanol–water partition coefficient (Wildman–Crippen LogP) is 6.06. The molecule has 0 aliphatic rings. The fourth-order valence-corrected chi connectivity index (χ4v) is 4.83. The molecule has 0 atom stereocenters. The molecule has 3 heterocycles. The maximum atomic E-state index is 4.86. The van der Waals surface area contributed by atoms with Crippen LogP contribution in [-0.4, -0.2) is 27.3 Å². The first-order valence-corrected chi connectivity index (χ1v) is 11.1. The van der Waals surface area contributed by atoms with E-state index in [1.165, 1.54) is 0 Å². The van der Waals surface area contributed by atoms with Crippen LogP contribution in [0.2, 0.25) is 0 Å². The molecule has 0 bridgehead atoms. The van der Waals surface area contributed by atoms with Crippen LogP contribution in [0.3, 0.4) is 0 Å². The molecule has 0 saturated carbocycles. The van der Waals surface area contributed by atoms with Gasteiger partial charge in [-0.3, -0.25) is 14.4 Å². The lowest BCUT2D eigenvalue weighted by molar-refractivity contribution is 1.16. The van der Waals surface area contributed by atoms with E-state index in [1.54, 1.807) is 18.6 Å². The molecule has 3 aromatic heterocycles. The van der Waals surface area contributed by atoms with Crippen LogP contribution in [-0.2, 0) is 0 Å². The van der Waals surface area contributed by atoms with Gasteiger partial charge in [0.2, 0.25) is 0 Å². The average molecular weight is 440 g/mol. The molecule has 0 unspecified atom stereocenters. The van der Waals surface area contributed by atoms with Crippen LogP contribution in [0.15, 0.2) is 101 Å². The van der Waals surface area contributed by atoms with Gasteiger partial charge < -0.3 is 0 Å². The van der Waals surface area contributed by atoms with Crippen LogP contribution >= 0.6 is 0 Å². The van der Waals surface area contributed by atoms with Gasteiger partial charge in [-0.1, -0.05) is 78.9 Å². The van der Waals surface area contributed by atoms with Gasteiger partial charge in [-0.2, -0.15) is 0 Å². The first kappa shape index (κ1) is 20.0. The third-order valence-corrected chi connectivity index (χ3v) is 6.12. The minimum Gasteiger partial charge on any atom is -0.274 e. The molecule has 3 aromatic carbocycles. The largest absolute Gasteiger partial charge is 0.274 e. The Labute approximate surface area is 196 Å². The highest BCUT2D eigenvalue weighted by atomic mass is 15.1. The molecule has 0 saturated heterocycles. The summed E-state index contributed by atoms with van der Waals surface area (Å²) in [5, 5.41) is 3.10. The molecule has 6 aromatic rings. The molecule has 0 spiro atoms. The summed E-state index contributed by atoms with van der Waals surface area (Å²) < 4.78 is 2.04. The fraction of sp³-hybridized carbons (Fsp3) is 0.0345. The summed E-state index contributed by atoms with van der Waals surface area (Å²) in [7, 11) is 0. The number of aromatic nitrogens is 3. The highest BCUT2D eigenvalue weighted by Crippen LogP contribution is 2.37. The van der Waals surface area contributed by atoms with E-state index in [1.807, 2.05) is 23.5 Å². The first-order chi connectivity index (χ1) is 16.8. The maximum absolute atomic E-state index is 4.86. The molecule has 6 rings (SSSR count). The summed E-state index contributed by atoms with van der Waals surface area (Å²) in [5.74, 6) is 0.650. The minimum atomic E-state index is 0.650. The molecular formula is C29H21N5. The minimum absolute atomic E-state index is 0.650.